The number of carboxylic acids is 1. The fourth-order valence-corrected chi connectivity index (χ4v) is 1.65. The summed E-state index contributed by atoms with van der Waals surface area (Å²) < 4.78 is 0. The van der Waals surface area contributed by atoms with Gasteiger partial charge in [-0.2, -0.15) is 0 Å². The summed E-state index contributed by atoms with van der Waals surface area (Å²) in [5, 5.41) is 11.3. The van der Waals surface area contributed by atoms with E-state index in [9.17, 15) is 9.59 Å². The second kappa shape index (κ2) is 11.0. The van der Waals surface area contributed by atoms with Gasteiger partial charge in [0.2, 0.25) is 5.91 Å². The first kappa shape index (κ1) is 16.9. The second-order valence-corrected chi connectivity index (χ2v) is 4.60. The third kappa shape index (κ3) is 10.1. The summed E-state index contributed by atoms with van der Waals surface area (Å²) in [5.41, 5.74) is 5.72. The maximum atomic E-state index is 11.5. The van der Waals surface area contributed by atoms with Crippen LogP contribution in [0, 0.1) is 0 Å². The number of nitrogens with one attached hydrogen (secondary N) is 1. The molecule has 0 heterocycles. The summed E-state index contributed by atoms with van der Waals surface area (Å²) in [6, 6.07) is -0.392. The summed E-state index contributed by atoms with van der Waals surface area (Å²) in [7, 11) is 0. The number of carbonyl (C=O) groups is 2. The van der Waals surface area contributed by atoms with Gasteiger partial charge in [0.1, 0.15) is 0 Å². The Labute approximate surface area is 109 Å². The van der Waals surface area contributed by atoms with Crippen LogP contribution >= 0.6 is 0 Å². The molecule has 18 heavy (non-hydrogen) atoms. The Morgan fingerprint density at radius 1 is 1.17 bits per heavy atom. The lowest BCUT2D eigenvalue weighted by atomic mass is 10.1. The Balaban J connectivity index is 3.37. The molecular formula is C13H26N2O3. The van der Waals surface area contributed by atoms with Gasteiger partial charge in [-0.05, 0) is 19.3 Å². The van der Waals surface area contributed by atoms with Crippen molar-refractivity contribution >= 4 is 11.9 Å². The predicted octanol–water partition coefficient (Wildman–Crippen LogP) is 1.66. The van der Waals surface area contributed by atoms with E-state index in [-0.39, 0.29) is 12.3 Å². The molecule has 0 saturated heterocycles. The van der Waals surface area contributed by atoms with E-state index in [1.165, 1.54) is 0 Å². The lowest BCUT2D eigenvalue weighted by Crippen LogP contribution is -2.40. The van der Waals surface area contributed by atoms with Crippen molar-refractivity contribution in [3.63, 3.8) is 0 Å². The zero-order valence-electron chi connectivity index (χ0n) is 11.3. The SMILES string of the molecule is CCCCC(N)C(=O)NCCCCCCC(=O)O. The van der Waals surface area contributed by atoms with E-state index in [0.717, 1.165) is 38.5 Å². The number of hydrogen-bond donors (Lipinski definition) is 3. The molecule has 0 radical (unpaired) electrons. The van der Waals surface area contributed by atoms with Crippen molar-refractivity contribution in [1.29, 1.82) is 0 Å². The molecule has 0 bridgehead atoms. The number of unbranched alkanes of at least 4 members (excludes halogenated alkanes) is 4. The van der Waals surface area contributed by atoms with Gasteiger partial charge < -0.3 is 16.2 Å². The highest BCUT2D eigenvalue weighted by molar-refractivity contribution is 5.81. The molecule has 1 unspecified atom stereocenters. The topological polar surface area (TPSA) is 92.4 Å². The van der Waals surface area contributed by atoms with Gasteiger partial charge in [-0.25, -0.2) is 0 Å². The monoisotopic (exact) mass is 258 g/mol. The predicted molar refractivity (Wildman–Crippen MR) is 71.2 cm³/mol. The molecule has 0 saturated carbocycles. The summed E-state index contributed by atoms with van der Waals surface area (Å²) in [5.74, 6) is -0.820. The zero-order chi connectivity index (χ0) is 13.8. The van der Waals surface area contributed by atoms with Crippen LogP contribution in [0.5, 0.6) is 0 Å². The lowest BCUT2D eigenvalue weighted by Gasteiger charge is -2.11. The second-order valence-electron chi connectivity index (χ2n) is 4.60. The lowest BCUT2D eigenvalue weighted by molar-refractivity contribution is -0.137. The fraction of sp³-hybridized carbons (Fsp3) is 0.846. The maximum absolute atomic E-state index is 11.5. The molecular weight excluding hydrogens is 232 g/mol. The van der Waals surface area contributed by atoms with Crippen LogP contribution in [0.3, 0.4) is 0 Å². The molecule has 0 aliphatic heterocycles. The van der Waals surface area contributed by atoms with Crippen LogP contribution in [0.25, 0.3) is 0 Å². The van der Waals surface area contributed by atoms with Crippen molar-refractivity contribution in [2.24, 2.45) is 5.73 Å². The molecule has 1 atom stereocenters. The van der Waals surface area contributed by atoms with Crippen LogP contribution in [-0.2, 0) is 9.59 Å². The van der Waals surface area contributed by atoms with Gasteiger partial charge in [-0.3, -0.25) is 9.59 Å². The summed E-state index contributed by atoms with van der Waals surface area (Å²) in [6.45, 7) is 2.70. The molecule has 0 aromatic heterocycles. The number of carboxylic acid groups (broad SMARTS) is 1. The van der Waals surface area contributed by atoms with E-state index in [0.29, 0.717) is 13.0 Å². The van der Waals surface area contributed by atoms with Crippen molar-refractivity contribution in [2.75, 3.05) is 6.54 Å². The Morgan fingerprint density at radius 2 is 1.83 bits per heavy atom. The number of nitrogens with two attached hydrogens (primary N) is 1. The molecule has 5 heteroatoms. The van der Waals surface area contributed by atoms with Gasteiger partial charge in [0.25, 0.3) is 0 Å². The highest BCUT2D eigenvalue weighted by atomic mass is 16.4. The maximum Gasteiger partial charge on any atom is 0.303 e. The highest BCUT2D eigenvalue weighted by Crippen LogP contribution is 2.02. The minimum absolute atomic E-state index is 0.0750. The van der Waals surface area contributed by atoms with Crippen LogP contribution in [-0.4, -0.2) is 29.6 Å². The number of hydrogen-bond acceptors (Lipinski definition) is 3. The Hall–Kier alpha value is -1.10. The van der Waals surface area contributed by atoms with Crippen LogP contribution < -0.4 is 11.1 Å². The van der Waals surface area contributed by atoms with Crippen molar-refractivity contribution in [3.05, 3.63) is 0 Å². The van der Waals surface area contributed by atoms with Gasteiger partial charge in [-0.1, -0.05) is 32.6 Å². The van der Waals surface area contributed by atoms with Crippen LogP contribution in [0.1, 0.15) is 58.3 Å². The summed E-state index contributed by atoms with van der Waals surface area (Å²) in [6.07, 6.45) is 6.41. The molecule has 1 amide bonds. The van der Waals surface area contributed by atoms with Gasteiger partial charge >= 0.3 is 5.97 Å². The van der Waals surface area contributed by atoms with Crippen molar-refractivity contribution in [1.82, 2.24) is 5.32 Å². The Kier molecular flexibility index (Phi) is 10.3. The van der Waals surface area contributed by atoms with Gasteiger partial charge in [-0.15, -0.1) is 0 Å². The third-order valence-corrected chi connectivity index (χ3v) is 2.82. The van der Waals surface area contributed by atoms with Crippen molar-refractivity contribution < 1.29 is 14.7 Å². The van der Waals surface area contributed by atoms with Crippen LogP contribution in [0.4, 0.5) is 0 Å². The first-order valence-corrected chi connectivity index (χ1v) is 6.83. The van der Waals surface area contributed by atoms with E-state index in [1.54, 1.807) is 0 Å². The summed E-state index contributed by atoms with van der Waals surface area (Å²) in [4.78, 5) is 21.8. The van der Waals surface area contributed by atoms with E-state index in [4.69, 9.17) is 10.8 Å². The van der Waals surface area contributed by atoms with Gasteiger partial charge in [0, 0.05) is 13.0 Å². The van der Waals surface area contributed by atoms with Crippen molar-refractivity contribution in [3.8, 4) is 0 Å². The van der Waals surface area contributed by atoms with Crippen LogP contribution in [0.2, 0.25) is 0 Å². The smallest absolute Gasteiger partial charge is 0.303 e. The number of amides is 1. The first-order valence-electron chi connectivity index (χ1n) is 6.83. The molecule has 0 aromatic carbocycles. The largest absolute Gasteiger partial charge is 0.481 e. The molecule has 0 aliphatic rings. The Morgan fingerprint density at radius 3 is 2.44 bits per heavy atom. The molecule has 0 rings (SSSR count). The van der Waals surface area contributed by atoms with Crippen molar-refractivity contribution in [2.45, 2.75) is 64.3 Å². The first-order chi connectivity index (χ1) is 8.57. The quantitative estimate of drug-likeness (QED) is 0.491. The minimum atomic E-state index is -0.745. The van der Waals surface area contributed by atoms with E-state index in [2.05, 4.69) is 12.2 Å². The van der Waals surface area contributed by atoms with Gasteiger partial charge in [0.15, 0.2) is 0 Å². The molecule has 0 fully saturated rings. The van der Waals surface area contributed by atoms with E-state index >= 15 is 0 Å². The third-order valence-electron chi connectivity index (χ3n) is 2.82. The normalized spacial score (nSPS) is 12.1. The number of rotatable bonds is 11. The Bertz CT molecular complexity index is 244. The van der Waals surface area contributed by atoms with Crippen LogP contribution in [0.15, 0.2) is 0 Å². The molecule has 0 aliphatic carbocycles. The number of carbonyl (C=O) groups excluding carboxylic acids is 1. The zero-order valence-corrected chi connectivity index (χ0v) is 11.3. The molecule has 4 N–H and O–H groups in total. The van der Waals surface area contributed by atoms with E-state index < -0.39 is 12.0 Å². The average Bonchev–Trinajstić information content (AvgIpc) is 2.34. The molecule has 106 valence electrons. The highest BCUT2D eigenvalue weighted by Gasteiger charge is 2.11. The van der Waals surface area contributed by atoms with E-state index in [1.807, 2.05) is 0 Å². The summed E-state index contributed by atoms with van der Waals surface area (Å²) >= 11 is 0. The fourth-order valence-electron chi connectivity index (χ4n) is 1.65. The van der Waals surface area contributed by atoms with Gasteiger partial charge in [0.05, 0.1) is 6.04 Å². The molecule has 0 spiro atoms. The average molecular weight is 258 g/mol. The minimum Gasteiger partial charge on any atom is -0.481 e. The molecule has 5 nitrogen and oxygen atoms in total. The number of aliphatic carboxylic acids is 1. The standard InChI is InChI=1S/C13H26N2O3/c1-2-3-8-11(14)13(18)15-10-7-5-4-6-9-12(16)17/h11H,2-10,14H2,1H3,(H,15,18)(H,16,17). The molecule has 0 aromatic rings.